The molecule has 2 aromatic carbocycles. The van der Waals surface area contributed by atoms with E-state index >= 15 is 0 Å². The molecule has 2 rings (SSSR count). The first-order valence-electron chi connectivity index (χ1n) is 5.46. The first-order chi connectivity index (χ1) is 9.06. The molecule has 0 saturated carbocycles. The van der Waals surface area contributed by atoms with Crippen LogP contribution in [0, 0.1) is 11.6 Å². The predicted molar refractivity (Wildman–Crippen MR) is 64.9 cm³/mol. The summed E-state index contributed by atoms with van der Waals surface area (Å²) in [5.74, 6) is -1.79. The molecule has 98 valence electrons. The van der Waals surface area contributed by atoms with Crippen LogP contribution in [0.3, 0.4) is 0 Å². The van der Waals surface area contributed by atoms with Crippen LogP contribution in [0.5, 0.6) is 5.75 Å². The summed E-state index contributed by atoms with van der Waals surface area (Å²) in [6.07, 6.45) is 0. The smallest absolute Gasteiger partial charge is 0.341 e. The largest absolute Gasteiger partial charge is 0.482 e. The van der Waals surface area contributed by atoms with E-state index in [4.69, 9.17) is 9.84 Å². The molecule has 0 aliphatic heterocycles. The van der Waals surface area contributed by atoms with E-state index in [-0.39, 0.29) is 5.56 Å². The maximum absolute atomic E-state index is 13.5. The summed E-state index contributed by atoms with van der Waals surface area (Å²) in [5, 5.41) is 8.46. The normalized spacial score (nSPS) is 10.2. The number of hydrogen-bond acceptors (Lipinski definition) is 2. The lowest BCUT2D eigenvalue weighted by Crippen LogP contribution is -2.09. The van der Waals surface area contributed by atoms with Crippen molar-refractivity contribution in [1.82, 2.24) is 0 Å². The van der Waals surface area contributed by atoms with Crippen molar-refractivity contribution >= 4 is 5.97 Å². The van der Waals surface area contributed by atoms with Crippen LogP contribution in [0.2, 0.25) is 0 Å². The molecule has 0 fully saturated rings. The Balaban J connectivity index is 2.22. The molecular weight excluding hydrogens is 254 g/mol. The second-order valence-corrected chi connectivity index (χ2v) is 3.83. The van der Waals surface area contributed by atoms with Gasteiger partial charge in [0.25, 0.3) is 0 Å². The van der Waals surface area contributed by atoms with Gasteiger partial charge < -0.3 is 9.84 Å². The molecule has 0 radical (unpaired) electrons. The summed E-state index contributed by atoms with van der Waals surface area (Å²) < 4.78 is 31.5. The zero-order chi connectivity index (χ0) is 13.8. The van der Waals surface area contributed by atoms with Crippen molar-refractivity contribution in [2.24, 2.45) is 0 Å². The van der Waals surface area contributed by atoms with E-state index in [0.29, 0.717) is 11.3 Å². The lowest BCUT2D eigenvalue weighted by Gasteiger charge is -2.06. The molecule has 0 aliphatic carbocycles. The molecule has 0 atom stereocenters. The van der Waals surface area contributed by atoms with E-state index in [1.807, 2.05) is 0 Å². The molecule has 0 aliphatic rings. The van der Waals surface area contributed by atoms with Crippen molar-refractivity contribution in [3.63, 3.8) is 0 Å². The molecular formula is C14H10F2O3. The minimum absolute atomic E-state index is 0.143. The number of carboxylic acid groups (broad SMARTS) is 1. The van der Waals surface area contributed by atoms with Gasteiger partial charge in [-0.25, -0.2) is 13.6 Å². The highest BCUT2D eigenvalue weighted by Gasteiger charge is 2.07. The lowest BCUT2D eigenvalue weighted by atomic mass is 10.0. The molecule has 0 spiro atoms. The van der Waals surface area contributed by atoms with Crippen molar-refractivity contribution < 1.29 is 23.4 Å². The number of hydrogen-bond donors (Lipinski definition) is 1. The number of ether oxygens (including phenoxy) is 1. The minimum Gasteiger partial charge on any atom is -0.482 e. The fourth-order valence-corrected chi connectivity index (χ4v) is 1.59. The highest BCUT2D eigenvalue weighted by Crippen LogP contribution is 2.25. The molecule has 2 aromatic rings. The average molecular weight is 264 g/mol. The number of benzene rings is 2. The molecule has 0 amide bonds. The highest BCUT2D eigenvalue weighted by molar-refractivity contribution is 5.69. The molecule has 0 aromatic heterocycles. The van der Waals surface area contributed by atoms with Gasteiger partial charge in [-0.15, -0.1) is 0 Å². The van der Waals surface area contributed by atoms with Crippen LogP contribution in [0.25, 0.3) is 11.1 Å². The number of halogens is 2. The van der Waals surface area contributed by atoms with Gasteiger partial charge in [-0.2, -0.15) is 0 Å². The number of rotatable bonds is 4. The van der Waals surface area contributed by atoms with Gasteiger partial charge in [0.05, 0.1) is 0 Å². The minimum atomic E-state index is -1.08. The van der Waals surface area contributed by atoms with Crippen LogP contribution in [-0.2, 0) is 4.79 Å². The molecule has 0 saturated heterocycles. The third kappa shape index (κ3) is 3.28. The number of aliphatic carboxylic acids is 1. The van der Waals surface area contributed by atoms with E-state index in [9.17, 15) is 13.6 Å². The molecule has 0 heterocycles. The van der Waals surface area contributed by atoms with Gasteiger partial charge >= 0.3 is 5.97 Å². The lowest BCUT2D eigenvalue weighted by molar-refractivity contribution is -0.139. The Bertz CT molecular complexity index is 594. The first kappa shape index (κ1) is 13.0. The Morgan fingerprint density at radius 1 is 1.11 bits per heavy atom. The number of carbonyl (C=O) groups is 1. The Labute approximate surface area is 108 Å². The van der Waals surface area contributed by atoms with Crippen molar-refractivity contribution in [3.05, 3.63) is 54.1 Å². The molecule has 1 N–H and O–H groups in total. The van der Waals surface area contributed by atoms with Crippen molar-refractivity contribution in [2.45, 2.75) is 0 Å². The van der Waals surface area contributed by atoms with Gasteiger partial charge in [0, 0.05) is 5.56 Å². The average Bonchev–Trinajstić information content (AvgIpc) is 2.40. The van der Waals surface area contributed by atoms with Crippen LogP contribution >= 0.6 is 0 Å². The molecule has 5 heteroatoms. The molecule has 0 unspecified atom stereocenters. The fourth-order valence-electron chi connectivity index (χ4n) is 1.59. The van der Waals surface area contributed by atoms with E-state index in [1.165, 1.54) is 24.3 Å². The summed E-state index contributed by atoms with van der Waals surface area (Å²) >= 11 is 0. The summed E-state index contributed by atoms with van der Waals surface area (Å²) in [4.78, 5) is 10.3. The zero-order valence-electron chi connectivity index (χ0n) is 9.77. The van der Waals surface area contributed by atoms with Gasteiger partial charge in [0.15, 0.2) is 6.61 Å². The summed E-state index contributed by atoms with van der Waals surface area (Å²) in [7, 11) is 0. The van der Waals surface area contributed by atoms with E-state index in [2.05, 4.69) is 0 Å². The van der Waals surface area contributed by atoms with E-state index in [0.717, 1.165) is 18.2 Å². The monoisotopic (exact) mass is 264 g/mol. The molecule has 19 heavy (non-hydrogen) atoms. The molecule has 3 nitrogen and oxygen atoms in total. The van der Waals surface area contributed by atoms with Crippen molar-refractivity contribution in [3.8, 4) is 16.9 Å². The van der Waals surface area contributed by atoms with Crippen LogP contribution in [-0.4, -0.2) is 17.7 Å². The van der Waals surface area contributed by atoms with Gasteiger partial charge in [0.1, 0.15) is 17.4 Å². The van der Waals surface area contributed by atoms with Crippen LogP contribution < -0.4 is 4.74 Å². The van der Waals surface area contributed by atoms with E-state index in [1.54, 1.807) is 0 Å². The maximum atomic E-state index is 13.5. The summed E-state index contributed by atoms with van der Waals surface area (Å²) in [6.45, 7) is -0.451. The van der Waals surface area contributed by atoms with Crippen molar-refractivity contribution in [2.75, 3.05) is 6.61 Å². The van der Waals surface area contributed by atoms with Gasteiger partial charge in [-0.1, -0.05) is 12.1 Å². The standard InChI is InChI=1S/C14H10F2O3/c15-10-3-6-13(16)12(7-10)9-1-4-11(5-2-9)19-8-14(17)18/h1-7H,8H2,(H,17,18). The molecule has 0 bridgehead atoms. The predicted octanol–water partition coefficient (Wildman–Crippen LogP) is 3.10. The summed E-state index contributed by atoms with van der Waals surface area (Å²) in [5.41, 5.74) is 0.629. The SMILES string of the molecule is O=C(O)COc1ccc(-c2cc(F)ccc2F)cc1. The third-order valence-electron chi connectivity index (χ3n) is 2.46. The fraction of sp³-hybridized carbons (Fsp3) is 0.0714. The van der Waals surface area contributed by atoms with Crippen molar-refractivity contribution in [1.29, 1.82) is 0 Å². The Morgan fingerprint density at radius 2 is 1.79 bits per heavy atom. The van der Waals surface area contributed by atoms with Crippen LogP contribution in [0.1, 0.15) is 0 Å². The topological polar surface area (TPSA) is 46.5 Å². The van der Waals surface area contributed by atoms with Gasteiger partial charge in [0.2, 0.25) is 0 Å². The third-order valence-corrected chi connectivity index (χ3v) is 2.46. The highest BCUT2D eigenvalue weighted by atomic mass is 19.1. The maximum Gasteiger partial charge on any atom is 0.341 e. The summed E-state index contributed by atoms with van der Waals surface area (Å²) in [6, 6.07) is 9.28. The first-order valence-corrected chi connectivity index (χ1v) is 5.46. The van der Waals surface area contributed by atoms with E-state index < -0.39 is 24.2 Å². The Hall–Kier alpha value is -2.43. The zero-order valence-corrected chi connectivity index (χ0v) is 9.77. The quantitative estimate of drug-likeness (QED) is 0.923. The van der Waals surface area contributed by atoms with Gasteiger partial charge in [-0.05, 0) is 35.9 Å². The Kier molecular flexibility index (Phi) is 3.75. The van der Waals surface area contributed by atoms with Crippen LogP contribution in [0.15, 0.2) is 42.5 Å². The Morgan fingerprint density at radius 3 is 2.42 bits per heavy atom. The second-order valence-electron chi connectivity index (χ2n) is 3.83. The second kappa shape index (κ2) is 5.48. The number of carboxylic acids is 1. The van der Waals surface area contributed by atoms with Gasteiger partial charge in [-0.3, -0.25) is 0 Å². The van der Waals surface area contributed by atoms with Crippen LogP contribution in [0.4, 0.5) is 8.78 Å².